The van der Waals surface area contributed by atoms with Crippen LogP contribution in [0.3, 0.4) is 0 Å². The van der Waals surface area contributed by atoms with Crippen molar-refractivity contribution in [2.24, 2.45) is 0 Å². The minimum absolute atomic E-state index is 0.180. The zero-order valence-corrected chi connectivity index (χ0v) is 11.0. The third-order valence-electron chi connectivity index (χ3n) is 2.60. The molecule has 0 saturated heterocycles. The lowest BCUT2D eigenvalue weighted by Gasteiger charge is -2.21. The molecule has 0 aliphatic carbocycles. The van der Waals surface area contributed by atoms with Gasteiger partial charge in [0, 0.05) is 6.07 Å². The highest BCUT2D eigenvalue weighted by Gasteiger charge is 2.29. The predicted octanol–water partition coefficient (Wildman–Crippen LogP) is 1.36. The molecule has 2 N–H and O–H groups in total. The van der Waals surface area contributed by atoms with Gasteiger partial charge in [0.15, 0.2) is 0 Å². The van der Waals surface area contributed by atoms with Crippen LogP contribution in [-0.2, 0) is 16.0 Å². The van der Waals surface area contributed by atoms with Crippen molar-refractivity contribution in [1.29, 1.82) is 0 Å². The molecule has 0 aromatic heterocycles. The smallest absolute Gasteiger partial charge is 0.328 e. The zero-order valence-electron chi connectivity index (χ0n) is 11.0. The van der Waals surface area contributed by atoms with Crippen LogP contribution in [0.2, 0.25) is 0 Å². The Morgan fingerprint density at radius 2 is 2.05 bits per heavy atom. The van der Waals surface area contributed by atoms with Crippen LogP contribution in [0.4, 0.5) is 4.39 Å². The molecule has 104 valence electrons. The van der Waals surface area contributed by atoms with Gasteiger partial charge in [-0.25, -0.2) is 9.18 Å². The van der Waals surface area contributed by atoms with Gasteiger partial charge in [-0.1, -0.05) is 6.07 Å². The number of amides is 1. The highest BCUT2D eigenvalue weighted by molar-refractivity contribution is 5.87. The van der Waals surface area contributed by atoms with Crippen molar-refractivity contribution >= 4 is 11.9 Å². The van der Waals surface area contributed by atoms with Gasteiger partial charge < -0.3 is 15.2 Å². The summed E-state index contributed by atoms with van der Waals surface area (Å²) in [5, 5.41) is 11.2. The fourth-order valence-corrected chi connectivity index (χ4v) is 1.42. The number of carboxylic acids is 1. The number of hydrogen-bond acceptors (Lipinski definition) is 3. The van der Waals surface area contributed by atoms with E-state index >= 15 is 0 Å². The fraction of sp³-hybridized carbons (Fsp3) is 0.385. The SMILES string of the molecule is COc1ccc(CC(=O)NC(C)(C)C(=O)O)c(F)c1. The zero-order chi connectivity index (χ0) is 14.6. The number of rotatable bonds is 5. The average Bonchev–Trinajstić information content (AvgIpc) is 2.30. The second-order valence-corrected chi connectivity index (χ2v) is 4.61. The first-order valence-electron chi connectivity index (χ1n) is 5.63. The van der Waals surface area contributed by atoms with E-state index in [0.717, 1.165) is 0 Å². The topological polar surface area (TPSA) is 75.6 Å². The van der Waals surface area contributed by atoms with Gasteiger partial charge in [0.05, 0.1) is 13.5 Å². The molecule has 0 aliphatic heterocycles. The first kappa shape index (κ1) is 14.9. The summed E-state index contributed by atoms with van der Waals surface area (Å²) in [6.07, 6.45) is -0.230. The van der Waals surface area contributed by atoms with Crippen LogP contribution in [0.25, 0.3) is 0 Å². The number of aliphatic carboxylic acids is 1. The summed E-state index contributed by atoms with van der Waals surface area (Å²) in [5.74, 6) is -1.93. The summed E-state index contributed by atoms with van der Waals surface area (Å²) < 4.78 is 18.5. The lowest BCUT2D eigenvalue weighted by molar-refractivity contribution is -0.145. The van der Waals surface area contributed by atoms with Crippen LogP contribution >= 0.6 is 0 Å². The largest absolute Gasteiger partial charge is 0.497 e. The summed E-state index contributed by atoms with van der Waals surface area (Å²) in [6.45, 7) is 2.72. The molecule has 0 bridgehead atoms. The van der Waals surface area contributed by atoms with E-state index in [0.29, 0.717) is 5.75 Å². The Hall–Kier alpha value is -2.11. The Morgan fingerprint density at radius 3 is 2.53 bits per heavy atom. The first-order chi connectivity index (χ1) is 8.76. The number of hydrogen-bond donors (Lipinski definition) is 2. The number of carboxylic acid groups (broad SMARTS) is 1. The maximum atomic E-state index is 13.6. The number of carbonyl (C=O) groups is 2. The fourth-order valence-electron chi connectivity index (χ4n) is 1.42. The van der Waals surface area contributed by atoms with Crippen LogP contribution in [0.15, 0.2) is 18.2 Å². The van der Waals surface area contributed by atoms with Crippen LogP contribution in [0.1, 0.15) is 19.4 Å². The molecule has 0 unspecified atom stereocenters. The Bertz CT molecular complexity index is 499. The summed E-state index contributed by atoms with van der Waals surface area (Å²) in [6, 6.07) is 4.14. The minimum atomic E-state index is -1.39. The molecule has 1 amide bonds. The lowest BCUT2D eigenvalue weighted by Crippen LogP contribution is -2.50. The van der Waals surface area contributed by atoms with Crippen LogP contribution in [0, 0.1) is 5.82 Å². The summed E-state index contributed by atoms with van der Waals surface area (Å²) in [5.41, 5.74) is -1.21. The Morgan fingerprint density at radius 1 is 1.42 bits per heavy atom. The van der Waals surface area contributed by atoms with Crippen molar-refractivity contribution in [2.75, 3.05) is 7.11 Å². The Balaban J connectivity index is 2.75. The van der Waals surface area contributed by atoms with Crippen molar-refractivity contribution in [3.05, 3.63) is 29.6 Å². The molecule has 0 aliphatic rings. The molecule has 5 nitrogen and oxygen atoms in total. The van der Waals surface area contributed by atoms with Crippen molar-refractivity contribution in [3.8, 4) is 5.75 Å². The van der Waals surface area contributed by atoms with Crippen molar-refractivity contribution in [3.63, 3.8) is 0 Å². The van der Waals surface area contributed by atoms with E-state index in [4.69, 9.17) is 9.84 Å². The molecule has 1 aromatic carbocycles. The van der Waals surface area contributed by atoms with E-state index in [9.17, 15) is 14.0 Å². The predicted molar refractivity (Wildman–Crippen MR) is 66.5 cm³/mol. The van der Waals surface area contributed by atoms with Gasteiger partial charge in [0.25, 0.3) is 0 Å². The molecular weight excluding hydrogens is 253 g/mol. The molecule has 0 atom stereocenters. The Labute approximate surface area is 110 Å². The quantitative estimate of drug-likeness (QED) is 0.846. The van der Waals surface area contributed by atoms with Gasteiger partial charge in [-0.2, -0.15) is 0 Å². The summed E-state index contributed by atoms with van der Waals surface area (Å²) in [4.78, 5) is 22.5. The lowest BCUT2D eigenvalue weighted by atomic mass is 10.0. The standard InChI is InChI=1S/C13H16FNO4/c1-13(2,12(17)18)15-11(16)6-8-4-5-9(19-3)7-10(8)14/h4-5,7H,6H2,1-3H3,(H,15,16)(H,17,18). The number of ether oxygens (including phenoxy) is 1. The van der Waals surface area contributed by atoms with E-state index in [2.05, 4.69) is 5.32 Å². The second kappa shape index (κ2) is 5.69. The monoisotopic (exact) mass is 269 g/mol. The molecule has 0 spiro atoms. The van der Waals surface area contributed by atoms with Gasteiger partial charge in [-0.3, -0.25) is 4.79 Å². The summed E-state index contributed by atoms with van der Waals surface area (Å²) >= 11 is 0. The van der Waals surface area contributed by atoms with E-state index in [1.807, 2.05) is 0 Å². The van der Waals surface area contributed by atoms with Gasteiger partial charge >= 0.3 is 5.97 Å². The number of carbonyl (C=O) groups excluding carboxylic acids is 1. The molecular formula is C13H16FNO4. The van der Waals surface area contributed by atoms with Crippen molar-refractivity contribution < 1.29 is 23.8 Å². The minimum Gasteiger partial charge on any atom is -0.497 e. The molecule has 0 heterocycles. The maximum absolute atomic E-state index is 13.6. The third kappa shape index (κ3) is 3.94. The third-order valence-corrected chi connectivity index (χ3v) is 2.60. The number of nitrogens with one attached hydrogen (secondary N) is 1. The highest BCUT2D eigenvalue weighted by atomic mass is 19.1. The molecule has 6 heteroatoms. The normalized spacial score (nSPS) is 10.9. The average molecular weight is 269 g/mol. The van der Waals surface area contributed by atoms with Gasteiger partial charge in [0.2, 0.25) is 5.91 Å². The molecule has 0 fully saturated rings. The number of halogens is 1. The van der Waals surface area contributed by atoms with Crippen molar-refractivity contribution in [1.82, 2.24) is 5.32 Å². The van der Waals surface area contributed by atoms with Gasteiger partial charge in [-0.05, 0) is 25.5 Å². The van der Waals surface area contributed by atoms with Gasteiger partial charge in [-0.15, -0.1) is 0 Å². The van der Waals surface area contributed by atoms with E-state index in [1.165, 1.54) is 39.2 Å². The Kier molecular flexibility index (Phi) is 4.47. The first-order valence-corrected chi connectivity index (χ1v) is 5.63. The highest BCUT2D eigenvalue weighted by Crippen LogP contribution is 2.17. The number of methoxy groups -OCH3 is 1. The van der Waals surface area contributed by atoms with Crippen molar-refractivity contribution in [2.45, 2.75) is 25.8 Å². The number of benzene rings is 1. The molecule has 19 heavy (non-hydrogen) atoms. The molecule has 1 aromatic rings. The molecule has 1 rings (SSSR count). The van der Waals surface area contributed by atoms with Crippen LogP contribution in [0.5, 0.6) is 5.75 Å². The van der Waals surface area contributed by atoms with Crippen LogP contribution < -0.4 is 10.1 Å². The maximum Gasteiger partial charge on any atom is 0.328 e. The molecule has 0 radical (unpaired) electrons. The summed E-state index contributed by atoms with van der Waals surface area (Å²) in [7, 11) is 1.41. The second-order valence-electron chi connectivity index (χ2n) is 4.61. The van der Waals surface area contributed by atoms with E-state index < -0.39 is 23.2 Å². The van der Waals surface area contributed by atoms with E-state index in [-0.39, 0.29) is 12.0 Å². The van der Waals surface area contributed by atoms with Crippen LogP contribution in [-0.4, -0.2) is 29.6 Å². The van der Waals surface area contributed by atoms with Gasteiger partial charge in [0.1, 0.15) is 17.1 Å². The van der Waals surface area contributed by atoms with E-state index in [1.54, 1.807) is 0 Å². The molecule has 0 saturated carbocycles.